The summed E-state index contributed by atoms with van der Waals surface area (Å²) in [6.45, 7) is 7.85. The van der Waals surface area contributed by atoms with E-state index in [1.165, 1.54) is 24.8 Å². The smallest absolute Gasteiger partial charge is 0.310 e. The molecule has 218 valence electrons. The summed E-state index contributed by atoms with van der Waals surface area (Å²) in [6, 6.07) is 12.6. The molecule has 0 spiro atoms. The topological polar surface area (TPSA) is 57.2 Å². The van der Waals surface area contributed by atoms with Crippen molar-refractivity contribution in [2.45, 2.75) is 64.4 Å². The lowest BCUT2D eigenvalue weighted by Gasteiger charge is -2.46. The summed E-state index contributed by atoms with van der Waals surface area (Å²) in [7, 11) is 0. The molecule has 1 saturated carbocycles. The molecule has 3 unspecified atom stereocenters. The van der Waals surface area contributed by atoms with Crippen LogP contribution in [0.3, 0.4) is 0 Å². The number of hydrogen-bond donors (Lipinski definition) is 0. The first-order valence-corrected chi connectivity index (χ1v) is 15.3. The van der Waals surface area contributed by atoms with Crippen LogP contribution in [0.2, 0.25) is 0 Å². The van der Waals surface area contributed by atoms with E-state index in [4.69, 9.17) is 18.9 Å². The van der Waals surface area contributed by atoms with Crippen molar-refractivity contribution in [3.63, 3.8) is 0 Å². The van der Waals surface area contributed by atoms with E-state index >= 15 is 0 Å². The van der Waals surface area contributed by atoms with Crippen molar-refractivity contribution < 1.29 is 28.1 Å². The molecule has 6 atom stereocenters. The van der Waals surface area contributed by atoms with Gasteiger partial charge in [-0.25, -0.2) is 4.39 Å². The van der Waals surface area contributed by atoms with E-state index < -0.39 is 0 Å². The summed E-state index contributed by atoms with van der Waals surface area (Å²) < 4.78 is 37.1. The molecule has 0 aromatic heterocycles. The van der Waals surface area contributed by atoms with Gasteiger partial charge in [0.25, 0.3) is 0 Å². The number of likely N-dealkylation sites (tertiary alicyclic amines) is 1. The second kappa shape index (κ2) is 10.6. The van der Waals surface area contributed by atoms with E-state index in [0.717, 1.165) is 56.0 Å². The Labute approximate surface area is 241 Å². The Morgan fingerprint density at radius 3 is 2.80 bits per heavy atom. The normalized spacial score (nSPS) is 32.9. The molecule has 5 aliphatic rings. The van der Waals surface area contributed by atoms with E-state index in [0.29, 0.717) is 12.4 Å². The second-order valence-corrected chi connectivity index (χ2v) is 13.1. The lowest BCUT2D eigenvalue weighted by Crippen LogP contribution is -2.46. The predicted octanol–water partition coefficient (Wildman–Crippen LogP) is 6.50. The molecular formula is C34H40FNO5. The third-order valence-corrected chi connectivity index (χ3v) is 10.6. The highest BCUT2D eigenvalue weighted by atomic mass is 19.1. The summed E-state index contributed by atoms with van der Waals surface area (Å²) in [5, 5.41) is 0. The van der Waals surface area contributed by atoms with Gasteiger partial charge in [-0.05, 0) is 93.2 Å². The van der Waals surface area contributed by atoms with Crippen LogP contribution in [0.5, 0.6) is 17.2 Å². The Kier molecular flexibility index (Phi) is 6.96. The first-order valence-electron chi connectivity index (χ1n) is 15.3. The Morgan fingerprint density at radius 2 is 1.95 bits per heavy atom. The quantitative estimate of drug-likeness (QED) is 0.297. The van der Waals surface area contributed by atoms with Crippen LogP contribution in [-0.2, 0) is 9.53 Å². The lowest BCUT2D eigenvalue weighted by atomic mass is 9.59. The highest BCUT2D eigenvalue weighted by Crippen LogP contribution is 2.55. The van der Waals surface area contributed by atoms with Gasteiger partial charge in [0.05, 0.1) is 12.5 Å². The van der Waals surface area contributed by atoms with Crippen molar-refractivity contribution in [2.24, 2.45) is 23.2 Å². The molecule has 2 saturated heterocycles. The fourth-order valence-electron chi connectivity index (χ4n) is 8.36. The van der Waals surface area contributed by atoms with Crippen molar-refractivity contribution in [1.29, 1.82) is 0 Å². The highest BCUT2D eigenvalue weighted by Gasteiger charge is 2.53. The average Bonchev–Trinajstić information content (AvgIpc) is 3.54. The molecule has 7 heteroatoms. The summed E-state index contributed by atoms with van der Waals surface area (Å²) in [6.07, 6.45) is 6.54. The number of esters is 1. The molecule has 2 aliphatic carbocycles. The van der Waals surface area contributed by atoms with Gasteiger partial charge in [0, 0.05) is 31.0 Å². The Balaban J connectivity index is 1.07. The van der Waals surface area contributed by atoms with Gasteiger partial charge in [0.1, 0.15) is 17.7 Å². The minimum Gasteiger partial charge on any atom is -0.493 e. The van der Waals surface area contributed by atoms with Gasteiger partial charge in [-0.2, -0.15) is 0 Å². The maximum absolute atomic E-state index is 13.7. The van der Waals surface area contributed by atoms with Gasteiger partial charge in [0.15, 0.2) is 11.5 Å². The van der Waals surface area contributed by atoms with E-state index in [2.05, 4.69) is 18.7 Å². The van der Waals surface area contributed by atoms with Crippen LogP contribution in [0.15, 0.2) is 53.6 Å². The molecule has 0 radical (unpaired) electrons. The summed E-state index contributed by atoms with van der Waals surface area (Å²) in [4.78, 5) is 15.7. The van der Waals surface area contributed by atoms with E-state index in [1.54, 1.807) is 17.7 Å². The van der Waals surface area contributed by atoms with Crippen LogP contribution in [0.1, 0.15) is 63.9 Å². The van der Waals surface area contributed by atoms with Gasteiger partial charge in [0.2, 0.25) is 6.79 Å². The Bertz CT molecular complexity index is 1340. The number of ether oxygens (including phenoxy) is 4. The van der Waals surface area contributed by atoms with E-state index in [9.17, 15) is 9.18 Å². The van der Waals surface area contributed by atoms with Crippen LogP contribution >= 0.6 is 0 Å². The molecule has 2 aromatic rings. The zero-order valence-corrected chi connectivity index (χ0v) is 24.1. The number of rotatable bonds is 6. The zero-order chi connectivity index (χ0) is 28.1. The zero-order valence-electron chi connectivity index (χ0n) is 24.1. The highest BCUT2D eigenvalue weighted by molar-refractivity contribution is 5.76. The molecule has 41 heavy (non-hydrogen) atoms. The van der Waals surface area contributed by atoms with Gasteiger partial charge in [-0.15, -0.1) is 0 Å². The molecule has 3 aliphatic heterocycles. The van der Waals surface area contributed by atoms with Gasteiger partial charge in [-0.3, -0.25) is 4.79 Å². The second-order valence-electron chi connectivity index (χ2n) is 13.1. The molecule has 6 nitrogen and oxygen atoms in total. The van der Waals surface area contributed by atoms with Crippen LogP contribution in [-0.4, -0.2) is 50.0 Å². The van der Waals surface area contributed by atoms with Crippen LogP contribution < -0.4 is 14.2 Å². The fraction of sp³-hybridized carbons (Fsp3) is 0.559. The molecule has 0 amide bonds. The molecule has 7 rings (SSSR count). The van der Waals surface area contributed by atoms with E-state index in [-0.39, 0.29) is 53.8 Å². The maximum atomic E-state index is 13.7. The molecule has 3 fully saturated rings. The van der Waals surface area contributed by atoms with E-state index in [1.807, 2.05) is 30.3 Å². The van der Waals surface area contributed by atoms with Crippen molar-refractivity contribution >= 4 is 5.97 Å². The van der Waals surface area contributed by atoms with Crippen molar-refractivity contribution in [1.82, 2.24) is 4.90 Å². The number of benzene rings is 2. The van der Waals surface area contributed by atoms with Gasteiger partial charge >= 0.3 is 5.97 Å². The minimum atomic E-state index is -0.222. The summed E-state index contributed by atoms with van der Waals surface area (Å²) in [5.41, 5.74) is 4.45. The largest absolute Gasteiger partial charge is 0.493 e. The number of fused-ring (bicyclic) bond motifs is 3. The number of allylic oxidation sites excluding steroid dienone is 2. The van der Waals surface area contributed by atoms with Crippen molar-refractivity contribution in [3.05, 3.63) is 65.0 Å². The first-order chi connectivity index (χ1) is 19.9. The minimum absolute atomic E-state index is 0.0192. The SMILES string of the molecule is CC1=C2C[C@H]3C(CN4CCC(c5ccc(F)cc5)C(COc5ccc6c(c5)OCO6)C4)C(=O)O[C@H]3C[C@]2(C)CCC1. The molecule has 2 aromatic carbocycles. The summed E-state index contributed by atoms with van der Waals surface area (Å²) >= 11 is 0. The van der Waals surface area contributed by atoms with Crippen molar-refractivity contribution in [2.75, 3.05) is 33.0 Å². The number of hydrogen-bond acceptors (Lipinski definition) is 6. The number of nitrogens with zero attached hydrogens (tertiary/aromatic N) is 1. The van der Waals surface area contributed by atoms with Crippen LogP contribution in [0.25, 0.3) is 0 Å². The maximum Gasteiger partial charge on any atom is 0.310 e. The number of halogens is 1. The standard InChI is InChI=1S/C34H40FNO5/c1-21-4-3-12-34(2)16-32-27(15-29(21)34)28(33(37)41-32)18-36-13-11-26(22-5-7-24(35)8-6-22)23(17-36)19-38-25-9-10-30-31(14-25)40-20-39-30/h5-10,14,23,26-28,32H,3-4,11-13,15-20H2,1-2H3/t23?,26?,27-,28?,32-,34-/m0/s1. The first kappa shape index (κ1) is 26.8. The number of carbonyl (C=O) groups excluding carboxylic acids is 1. The molecule has 0 bridgehead atoms. The van der Waals surface area contributed by atoms with Crippen LogP contribution in [0.4, 0.5) is 4.39 Å². The van der Waals surface area contributed by atoms with Gasteiger partial charge < -0.3 is 23.8 Å². The number of carbonyl (C=O) groups is 1. The third kappa shape index (κ3) is 5.11. The van der Waals surface area contributed by atoms with Crippen molar-refractivity contribution in [3.8, 4) is 17.2 Å². The lowest BCUT2D eigenvalue weighted by molar-refractivity contribution is -0.145. The predicted molar refractivity (Wildman–Crippen MR) is 152 cm³/mol. The third-order valence-electron chi connectivity index (χ3n) is 10.6. The monoisotopic (exact) mass is 561 g/mol. The molecular weight excluding hydrogens is 521 g/mol. The van der Waals surface area contributed by atoms with Crippen LogP contribution in [0, 0.1) is 29.0 Å². The summed E-state index contributed by atoms with van der Waals surface area (Å²) in [5.74, 6) is 2.53. The number of piperidine rings is 1. The molecule has 0 N–H and O–H groups in total. The fourth-order valence-corrected chi connectivity index (χ4v) is 8.36. The Hall–Kier alpha value is -3.06. The average molecular weight is 562 g/mol. The Morgan fingerprint density at radius 1 is 1.12 bits per heavy atom. The molecule has 3 heterocycles. The van der Waals surface area contributed by atoms with Gasteiger partial charge in [-0.1, -0.05) is 30.2 Å².